The molecule has 0 saturated carbocycles. The number of nitrogens with zero attached hydrogens (tertiary/aromatic N) is 4. The van der Waals surface area contributed by atoms with Crippen LogP contribution in [0.25, 0.3) is 22.3 Å². The van der Waals surface area contributed by atoms with Gasteiger partial charge in [-0.25, -0.2) is 9.67 Å². The van der Waals surface area contributed by atoms with Crippen LogP contribution >= 0.6 is 0 Å². The number of aromatic nitrogens is 3. The van der Waals surface area contributed by atoms with Gasteiger partial charge in [0.1, 0.15) is 0 Å². The third-order valence-corrected chi connectivity index (χ3v) is 5.18. The second-order valence-corrected chi connectivity index (χ2v) is 7.46. The molecule has 0 unspecified atom stereocenters. The van der Waals surface area contributed by atoms with Crippen LogP contribution < -0.4 is 0 Å². The van der Waals surface area contributed by atoms with Crippen molar-refractivity contribution >= 4 is 16.9 Å². The van der Waals surface area contributed by atoms with Crippen molar-refractivity contribution in [1.82, 2.24) is 19.7 Å². The summed E-state index contributed by atoms with van der Waals surface area (Å²) < 4.78 is 1.86. The van der Waals surface area contributed by atoms with Crippen LogP contribution in [0.2, 0.25) is 0 Å². The highest BCUT2D eigenvalue weighted by Crippen LogP contribution is 2.26. The monoisotopic (exact) mass is 384 g/mol. The number of rotatable bonds is 5. The summed E-state index contributed by atoms with van der Waals surface area (Å²) in [5.74, 6) is -0.0242. The van der Waals surface area contributed by atoms with Crippen molar-refractivity contribution in [3.8, 4) is 11.3 Å². The Kier molecular flexibility index (Phi) is 5.12. The van der Waals surface area contributed by atoms with Crippen LogP contribution in [0.1, 0.15) is 29.8 Å². The number of hydrogen-bond acceptors (Lipinski definition) is 3. The smallest absolute Gasteiger partial charge is 0.254 e. The Labute approximate surface area is 170 Å². The third kappa shape index (κ3) is 3.76. The number of benzene rings is 2. The highest BCUT2D eigenvalue weighted by atomic mass is 16.2. The van der Waals surface area contributed by atoms with Gasteiger partial charge in [0.15, 0.2) is 5.65 Å². The molecule has 0 bridgehead atoms. The first kappa shape index (κ1) is 18.9. The zero-order valence-electron chi connectivity index (χ0n) is 16.9. The van der Waals surface area contributed by atoms with E-state index in [-0.39, 0.29) is 11.9 Å². The Morgan fingerprint density at radius 2 is 1.69 bits per heavy atom. The van der Waals surface area contributed by atoms with Crippen LogP contribution in [0.4, 0.5) is 0 Å². The number of hydrogen-bond donors (Lipinski definition) is 0. The van der Waals surface area contributed by atoms with Gasteiger partial charge < -0.3 is 4.90 Å². The summed E-state index contributed by atoms with van der Waals surface area (Å²) in [6, 6.07) is 22.1. The van der Waals surface area contributed by atoms with E-state index >= 15 is 0 Å². The van der Waals surface area contributed by atoms with Crippen molar-refractivity contribution in [3.63, 3.8) is 0 Å². The summed E-state index contributed by atoms with van der Waals surface area (Å²) in [5, 5.41) is 5.33. The van der Waals surface area contributed by atoms with Gasteiger partial charge in [-0.1, -0.05) is 60.7 Å². The molecule has 1 amide bonds. The van der Waals surface area contributed by atoms with Crippen LogP contribution in [0.15, 0.2) is 72.9 Å². The van der Waals surface area contributed by atoms with Crippen LogP contribution in [-0.2, 0) is 6.54 Å². The van der Waals surface area contributed by atoms with E-state index in [1.807, 2.05) is 80.2 Å². The van der Waals surface area contributed by atoms with Gasteiger partial charge in [-0.15, -0.1) is 0 Å². The molecule has 0 aliphatic heterocycles. The van der Waals surface area contributed by atoms with E-state index in [1.54, 1.807) is 11.1 Å². The van der Waals surface area contributed by atoms with Crippen molar-refractivity contribution in [2.45, 2.75) is 26.4 Å². The molecular weight excluding hydrogens is 360 g/mol. The van der Waals surface area contributed by atoms with Gasteiger partial charge in [-0.3, -0.25) is 4.79 Å². The van der Waals surface area contributed by atoms with E-state index in [1.165, 1.54) is 0 Å². The van der Waals surface area contributed by atoms with Crippen molar-refractivity contribution in [1.29, 1.82) is 0 Å². The highest BCUT2D eigenvalue weighted by molar-refractivity contribution is 6.06. The van der Waals surface area contributed by atoms with Crippen molar-refractivity contribution in [2.24, 2.45) is 0 Å². The lowest BCUT2D eigenvalue weighted by molar-refractivity contribution is 0.0757. The maximum atomic E-state index is 13.2. The second kappa shape index (κ2) is 7.87. The zero-order chi connectivity index (χ0) is 20.4. The van der Waals surface area contributed by atoms with E-state index in [0.29, 0.717) is 12.1 Å². The average Bonchev–Trinajstić information content (AvgIpc) is 3.16. The largest absolute Gasteiger partial charge is 0.339 e. The van der Waals surface area contributed by atoms with Crippen LogP contribution in [0.3, 0.4) is 0 Å². The minimum absolute atomic E-state index is 0.0242. The molecule has 4 rings (SSSR count). The molecule has 5 heteroatoms. The number of carbonyl (C=O) groups excluding carboxylic acids is 1. The fourth-order valence-corrected chi connectivity index (χ4v) is 3.28. The highest BCUT2D eigenvalue weighted by Gasteiger charge is 2.21. The average molecular weight is 384 g/mol. The first-order valence-electron chi connectivity index (χ1n) is 9.77. The van der Waals surface area contributed by atoms with E-state index in [4.69, 9.17) is 4.98 Å². The molecule has 0 spiro atoms. The lowest BCUT2D eigenvalue weighted by atomic mass is 10.1. The second-order valence-electron chi connectivity index (χ2n) is 7.46. The lowest BCUT2D eigenvalue weighted by Crippen LogP contribution is -2.33. The molecule has 146 valence electrons. The molecule has 0 saturated heterocycles. The van der Waals surface area contributed by atoms with Gasteiger partial charge in [0, 0.05) is 18.7 Å². The first-order valence-corrected chi connectivity index (χ1v) is 9.77. The Morgan fingerprint density at radius 1 is 1.03 bits per heavy atom. The molecule has 0 N–H and O–H groups in total. The summed E-state index contributed by atoms with van der Waals surface area (Å²) in [6.45, 7) is 4.61. The van der Waals surface area contributed by atoms with Gasteiger partial charge >= 0.3 is 0 Å². The van der Waals surface area contributed by atoms with Crippen molar-refractivity contribution < 1.29 is 4.79 Å². The SMILES string of the molecule is CC(C)N(C)C(=O)c1cc(-c2ccccc2)nc2c1cnn2Cc1ccccc1. The number of pyridine rings is 1. The van der Waals surface area contributed by atoms with Gasteiger partial charge in [0.2, 0.25) is 0 Å². The molecule has 0 radical (unpaired) electrons. The van der Waals surface area contributed by atoms with E-state index < -0.39 is 0 Å². The molecule has 0 aliphatic carbocycles. The standard InChI is InChI=1S/C24H24N4O/c1-17(2)27(3)24(29)20-14-22(19-12-8-5-9-13-19)26-23-21(20)15-25-28(23)16-18-10-6-4-7-11-18/h4-15,17H,16H2,1-3H3. The zero-order valence-corrected chi connectivity index (χ0v) is 16.9. The molecule has 2 aromatic carbocycles. The Balaban J connectivity index is 1.88. The molecule has 2 aromatic heterocycles. The van der Waals surface area contributed by atoms with Crippen LogP contribution in [-0.4, -0.2) is 38.7 Å². The topological polar surface area (TPSA) is 51.0 Å². The fourth-order valence-electron chi connectivity index (χ4n) is 3.28. The summed E-state index contributed by atoms with van der Waals surface area (Å²) in [4.78, 5) is 19.8. The normalized spacial score (nSPS) is 11.2. The van der Waals surface area contributed by atoms with E-state index in [0.717, 1.165) is 27.9 Å². The van der Waals surface area contributed by atoms with Gasteiger partial charge in [0.05, 0.1) is 29.4 Å². The maximum absolute atomic E-state index is 13.2. The molecule has 5 nitrogen and oxygen atoms in total. The van der Waals surface area contributed by atoms with Gasteiger partial charge in [-0.05, 0) is 25.5 Å². The Bertz CT molecular complexity index is 1130. The first-order chi connectivity index (χ1) is 14.0. The summed E-state index contributed by atoms with van der Waals surface area (Å²) in [6.07, 6.45) is 1.75. The third-order valence-electron chi connectivity index (χ3n) is 5.18. The van der Waals surface area contributed by atoms with Crippen LogP contribution in [0, 0.1) is 0 Å². The molecule has 0 fully saturated rings. The maximum Gasteiger partial charge on any atom is 0.254 e. The minimum atomic E-state index is -0.0242. The predicted molar refractivity (Wildman–Crippen MR) is 116 cm³/mol. The quantitative estimate of drug-likeness (QED) is 0.504. The summed E-state index contributed by atoms with van der Waals surface area (Å²) in [7, 11) is 1.83. The fraction of sp³-hybridized carbons (Fsp3) is 0.208. The molecule has 29 heavy (non-hydrogen) atoms. The van der Waals surface area contributed by atoms with E-state index in [9.17, 15) is 4.79 Å². The van der Waals surface area contributed by atoms with Crippen molar-refractivity contribution in [2.75, 3.05) is 7.05 Å². The molecule has 4 aromatic rings. The number of carbonyl (C=O) groups is 1. The van der Waals surface area contributed by atoms with Crippen molar-refractivity contribution in [3.05, 3.63) is 84.1 Å². The van der Waals surface area contributed by atoms with Gasteiger partial charge in [-0.2, -0.15) is 5.10 Å². The summed E-state index contributed by atoms with van der Waals surface area (Å²) in [5.41, 5.74) is 4.23. The van der Waals surface area contributed by atoms with Crippen LogP contribution in [0.5, 0.6) is 0 Å². The number of fused-ring (bicyclic) bond motifs is 1. The van der Waals surface area contributed by atoms with E-state index in [2.05, 4.69) is 17.2 Å². The van der Waals surface area contributed by atoms with Gasteiger partial charge in [0.25, 0.3) is 5.91 Å². The Hall–Kier alpha value is -3.47. The summed E-state index contributed by atoms with van der Waals surface area (Å²) >= 11 is 0. The molecule has 2 heterocycles. The molecule has 0 atom stereocenters. The minimum Gasteiger partial charge on any atom is -0.339 e. The molecule has 0 aliphatic rings. The lowest BCUT2D eigenvalue weighted by Gasteiger charge is -2.22. The predicted octanol–water partition coefficient (Wildman–Crippen LogP) is 4.63. The molecular formula is C24H24N4O. The number of amides is 1. The Morgan fingerprint density at radius 3 is 2.34 bits per heavy atom.